The molecular weight excluding hydrogens is 457 g/mol. The lowest BCUT2D eigenvalue weighted by atomic mass is 10.2. The lowest BCUT2D eigenvalue weighted by molar-refractivity contribution is -0.137. The third-order valence-electron chi connectivity index (χ3n) is 4.07. The number of aromatic nitrogens is 2. The predicted octanol–water partition coefficient (Wildman–Crippen LogP) is 3.85. The first-order chi connectivity index (χ1) is 14.6. The van der Waals surface area contributed by atoms with Crippen LogP contribution in [0.25, 0.3) is 5.69 Å². The first-order valence-corrected chi connectivity index (χ1v) is 10.7. The number of nitrogens with one attached hydrogen (secondary N) is 2. The number of nitrogens with zero attached hydrogens (tertiary/aromatic N) is 2. The van der Waals surface area contributed by atoms with Gasteiger partial charge in [0.25, 0.3) is 0 Å². The average Bonchev–Trinajstić information content (AvgIpc) is 3.16. The highest BCUT2D eigenvalue weighted by atomic mass is 35.5. The van der Waals surface area contributed by atoms with E-state index in [1.807, 2.05) is 30.3 Å². The average molecular weight is 473 g/mol. The molecule has 0 atom stereocenters. The van der Waals surface area contributed by atoms with Gasteiger partial charge in [-0.05, 0) is 30.3 Å². The maximum atomic E-state index is 12.9. The van der Waals surface area contributed by atoms with E-state index in [1.165, 1.54) is 0 Å². The maximum Gasteiger partial charge on any atom is 0.417 e. The van der Waals surface area contributed by atoms with Gasteiger partial charge in [-0.1, -0.05) is 29.8 Å². The molecular formula is C19H16ClF3N4O3S. The number of carbonyl (C=O) groups is 1. The van der Waals surface area contributed by atoms with Crippen molar-refractivity contribution in [3.63, 3.8) is 0 Å². The Bertz CT molecular complexity index is 1180. The quantitative estimate of drug-likeness (QED) is 0.546. The highest BCUT2D eigenvalue weighted by Crippen LogP contribution is 2.35. The van der Waals surface area contributed by atoms with Crippen molar-refractivity contribution in [1.29, 1.82) is 0 Å². The number of benzene rings is 2. The van der Waals surface area contributed by atoms with Gasteiger partial charge in [-0.2, -0.15) is 18.3 Å². The van der Waals surface area contributed by atoms with E-state index < -0.39 is 37.6 Å². The van der Waals surface area contributed by atoms with Crippen molar-refractivity contribution in [2.24, 2.45) is 0 Å². The van der Waals surface area contributed by atoms with Gasteiger partial charge in [0.1, 0.15) is 0 Å². The third-order valence-corrected chi connectivity index (χ3v) is 5.86. The molecule has 1 aromatic heterocycles. The smallest absolute Gasteiger partial charge is 0.309 e. The minimum atomic E-state index is -4.80. The Morgan fingerprint density at radius 1 is 1.10 bits per heavy atom. The van der Waals surface area contributed by atoms with Crippen LogP contribution in [0.1, 0.15) is 12.0 Å². The number of amides is 1. The van der Waals surface area contributed by atoms with Crippen LogP contribution in [0.5, 0.6) is 0 Å². The molecule has 0 unspecified atom stereocenters. The largest absolute Gasteiger partial charge is 0.417 e. The van der Waals surface area contributed by atoms with Crippen molar-refractivity contribution in [2.75, 3.05) is 11.9 Å². The van der Waals surface area contributed by atoms with Gasteiger partial charge < -0.3 is 5.32 Å². The Labute approximate surface area is 180 Å². The van der Waals surface area contributed by atoms with Crippen molar-refractivity contribution in [2.45, 2.75) is 17.5 Å². The highest BCUT2D eigenvalue weighted by molar-refractivity contribution is 7.89. The van der Waals surface area contributed by atoms with E-state index in [9.17, 15) is 26.4 Å². The lowest BCUT2D eigenvalue weighted by Crippen LogP contribution is -2.28. The van der Waals surface area contributed by atoms with E-state index in [1.54, 1.807) is 16.9 Å². The van der Waals surface area contributed by atoms with Crippen LogP contribution in [-0.4, -0.2) is 30.7 Å². The number of alkyl halides is 3. The third kappa shape index (κ3) is 5.84. The molecule has 3 rings (SSSR count). The van der Waals surface area contributed by atoms with Crippen molar-refractivity contribution < 1.29 is 26.4 Å². The Morgan fingerprint density at radius 3 is 2.48 bits per heavy atom. The second kappa shape index (κ2) is 9.08. The van der Waals surface area contributed by atoms with Gasteiger partial charge in [0.05, 0.1) is 21.2 Å². The zero-order chi connectivity index (χ0) is 22.6. The SMILES string of the molecule is O=C(CCNS(=O)(=O)c1ccc(Cl)c(C(F)(F)F)c1)Nc1ccn(-c2ccccc2)n1. The van der Waals surface area contributed by atoms with E-state index in [4.69, 9.17) is 11.6 Å². The summed E-state index contributed by atoms with van der Waals surface area (Å²) in [6.45, 7) is -0.322. The minimum Gasteiger partial charge on any atom is -0.309 e. The summed E-state index contributed by atoms with van der Waals surface area (Å²) < 4.78 is 67.0. The molecule has 12 heteroatoms. The molecule has 0 fully saturated rings. The molecule has 164 valence electrons. The van der Waals surface area contributed by atoms with Crippen molar-refractivity contribution in [3.8, 4) is 5.69 Å². The van der Waals surface area contributed by atoms with Crippen LogP contribution in [0.2, 0.25) is 5.02 Å². The first kappa shape index (κ1) is 22.8. The number of sulfonamides is 1. The monoisotopic (exact) mass is 472 g/mol. The van der Waals surface area contributed by atoms with Gasteiger partial charge in [0.2, 0.25) is 15.9 Å². The Kier molecular flexibility index (Phi) is 6.68. The summed E-state index contributed by atoms with van der Waals surface area (Å²) in [5.74, 6) is -0.252. The van der Waals surface area contributed by atoms with Crippen LogP contribution in [0.4, 0.5) is 19.0 Å². The molecule has 0 radical (unpaired) electrons. The highest BCUT2D eigenvalue weighted by Gasteiger charge is 2.34. The molecule has 2 aromatic carbocycles. The van der Waals surface area contributed by atoms with Crippen LogP contribution in [0.3, 0.4) is 0 Å². The molecule has 0 spiro atoms. The van der Waals surface area contributed by atoms with Crippen LogP contribution in [-0.2, 0) is 21.0 Å². The van der Waals surface area contributed by atoms with Crippen LogP contribution in [0.15, 0.2) is 65.7 Å². The molecule has 3 aromatic rings. The van der Waals surface area contributed by atoms with Crippen molar-refractivity contribution in [3.05, 3.63) is 71.4 Å². The fourth-order valence-corrected chi connectivity index (χ4v) is 3.87. The lowest BCUT2D eigenvalue weighted by Gasteiger charge is -2.12. The molecule has 1 amide bonds. The maximum absolute atomic E-state index is 12.9. The molecule has 0 aliphatic heterocycles. The molecule has 2 N–H and O–H groups in total. The number of para-hydroxylation sites is 1. The van der Waals surface area contributed by atoms with E-state index >= 15 is 0 Å². The molecule has 1 heterocycles. The van der Waals surface area contributed by atoms with E-state index in [0.29, 0.717) is 6.07 Å². The number of hydrogen-bond donors (Lipinski definition) is 2. The van der Waals surface area contributed by atoms with Crippen LogP contribution < -0.4 is 10.0 Å². The molecule has 0 aliphatic rings. The standard InChI is InChI=1S/C19H16ClF3N4O3S/c20-16-7-6-14(12-15(16)19(21,22)23)31(29,30)24-10-8-18(28)25-17-9-11-27(26-17)13-4-2-1-3-5-13/h1-7,9,11-12,24H,8,10H2,(H,25,26,28). The summed E-state index contributed by atoms with van der Waals surface area (Å²) >= 11 is 5.50. The number of anilines is 1. The van der Waals surface area contributed by atoms with Gasteiger partial charge in [0.15, 0.2) is 5.82 Å². The Balaban J connectivity index is 1.57. The minimum absolute atomic E-state index is 0.253. The fourth-order valence-electron chi connectivity index (χ4n) is 2.59. The zero-order valence-corrected chi connectivity index (χ0v) is 17.3. The van der Waals surface area contributed by atoms with Crippen LogP contribution >= 0.6 is 11.6 Å². The van der Waals surface area contributed by atoms with E-state index in [0.717, 1.165) is 17.8 Å². The second-order valence-electron chi connectivity index (χ2n) is 6.32. The number of rotatable bonds is 7. The van der Waals surface area contributed by atoms with E-state index in [-0.39, 0.29) is 18.8 Å². The number of carbonyl (C=O) groups excluding carboxylic acids is 1. The van der Waals surface area contributed by atoms with E-state index in [2.05, 4.69) is 15.1 Å². The van der Waals surface area contributed by atoms with Crippen molar-refractivity contribution >= 4 is 33.3 Å². The van der Waals surface area contributed by atoms with Gasteiger partial charge in [-0.15, -0.1) is 0 Å². The molecule has 0 saturated heterocycles. The number of hydrogen-bond acceptors (Lipinski definition) is 4. The first-order valence-electron chi connectivity index (χ1n) is 8.83. The van der Waals surface area contributed by atoms with Gasteiger partial charge in [-0.3, -0.25) is 4.79 Å². The normalized spacial score (nSPS) is 12.0. The molecule has 0 aliphatic carbocycles. The van der Waals surface area contributed by atoms with Crippen LogP contribution in [0, 0.1) is 0 Å². The molecule has 0 saturated carbocycles. The predicted molar refractivity (Wildman–Crippen MR) is 108 cm³/mol. The summed E-state index contributed by atoms with van der Waals surface area (Å²) in [5.41, 5.74) is -0.472. The van der Waals surface area contributed by atoms with Crippen molar-refractivity contribution in [1.82, 2.24) is 14.5 Å². The summed E-state index contributed by atoms with van der Waals surface area (Å²) in [6.07, 6.45) is -3.41. The summed E-state index contributed by atoms with van der Waals surface area (Å²) in [5, 5.41) is 6.11. The zero-order valence-electron chi connectivity index (χ0n) is 15.7. The molecule has 7 nitrogen and oxygen atoms in total. The molecule has 0 bridgehead atoms. The van der Waals surface area contributed by atoms with Gasteiger partial charge in [0, 0.05) is 25.2 Å². The van der Waals surface area contributed by atoms with Gasteiger partial charge >= 0.3 is 6.18 Å². The summed E-state index contributed by atoms with van der Waals surface area (Å²) in [4.78, 5) is 11.4. The Hall–Kier alpha value is -2.89. The van der Waals surface area contributed by atoms with Gasteiger partial charge in [-0.25, -0.2) is 17.8 Å². The summed E-state index contributed by atoms with van der Waals surface area (Å²) in [7, 11) is -4.27. The Morgan fingerprint density at radius 2 is 1.81 bits per heavy atom. The number of halogens is 4. The fraction of sp³-hybridized carbons (Fsp3) is 0.158. The second-order valence-corrected chi connectivity index (χ2v) is 8.49. The molecule has 31 heavy (non-hydrogen) atoms. The topological polar surface area (TPSA) is 93.1 Å². The summed E-state index contributed by atoms with van der Waals surface area (Å²) in [6, 6.07) is 13.0.